The largest absolute Gasteiger partial charge is 0.326 e. The van der Waals surface area contributed by atoms with E-state index >= 15 is 0 Å². The fourth-order valence-corrected chi connectivity index (χ4v) is 1.71. The molecule has 2 N–H and O–H groups in total. The van der Waals surface area contributed by atoms with Crippen molar-refractivity contribution in [1.29, 1.82) is 0 Å². The quantitative estimate of drug-likeness (QED) is 0.839. The van der Waals surface area contributed by atoms with Crippen molar-refractivity contribution in [1.82, 2.24) is 0 Å². The molecule has 0 bridgehead atoms. The van der Waals surface area contributed by atoms with Crippen LogP contribution in [0.2, 0.25) is 0 Å². The summed E-state index contributed by atoms with van der Waals surface area (Å²) >= 11 is 0. The lowest BCUT2D eigenvalue weighted by atomic mass is 10.2. The van der Waals surface area contributed by atoms with Crippen LogP contribution in [0.1, 0.15) is 24.8 Å². The Bertz CT molecular complexity index is 368. The van der Waals surface area contributed by atoms with Crippen molar-refractivity contribution in [3.05, 3.63) is 29.8 Å². The first-order valence-corrected chi connectivity index (χ1v) is 5.76. The number of amides is 1. The van der Waals surface area contributed by atoms with Crippen LogP contribution in [0.3, 0.4) is 0 Å². The average molecular weight is 218 g/mol. The maximum absolute atomic E-state index is 11.8. The number of hydrogen-bond acceptors (Lipinski definition) is 2. The molecule has 1 fully saturated rings. The van der Waals surface area contributed by atoms with E-state index in [-0.39, 0.29) is 5.91 Å². The Labute approximate surface area is 96.2 Å². The van der Waals surface area contributed by atoms with Crippen LogP contribution in [0.4, 0.5) is 5.69 Å². The summed E-state index contributed by atoms with van der Waals surface area (Å²) in [6.45, 7) is 0.542. The second-order valence-corrected chi connectivity index (χ2v) is 4.47. The van der Waals surface area contributed by atoms with Gasteiger partial charge in [0.05, 0.1) is 0 Å². The van der Waals surface area contributed by atoms with Crippen LogP contribution in [0.5, 0.6) is 0 Å². The lowest BCUT2D eigenvalue weighted by Gasteiger charge is -2.17. The molecule has 1 aliphatic carbocycles. The van der Waals surface area contributed by atoms with Gasteiger partial charge in [0, 0.05) is 25.7 Å². The van der Waals surface area contributed by atoms with Gasteiger partial charge in [0.1, 0.15) is 0 Å². The van der Waals surface area contributed by atoms with Crippen LogP contribution in [0.25, 0.3) is 0 Å². The molecule has 1 aliphatic rings. The monoisotopic (exact) mass is 218 g/mol. The number of anilines is 1. The van der Waals surface area contributed by atoms with Gasteiger partial charge in [0.25, 0.3) is 0 Å². The van der Waals surface area contributed by atoms with E-state index in [1.54, 1.807) is 4.90 Å². The molecule has 86 valence electrons. The topological polar surface area (TPSA) is 46.3 Å². The van der Waals surface area contributed by atoms with Crippen molar-refractivity contribution < 1.29 is 4.79 Å². The summed E-state index contributed by atoms with van der Waals surface area (Å²) in [7, 11) is 1.84. The summed E-state index contributed by atoms with van der Waals surface area (Å²) in [6.07, 6.45) is 3.12. The molecule has 1 saturated carbocycles. The number of carbonyl (C=O) groups is 1. The minimum atomic E-state index is 0.211. The van der Waals surface area contributed by atoms with Crippen LogP contribution in [-0.2, 0) is 11.3 Å². The third-order valence-electron chi connectivity index (χ3n) is 3.09. The normalized spacial score (nSPS) is 14.9. The summed E-state index contributed by atoms with van der Waals surface area (Å²) in [4.78, 5) is 13.6. The minimum Gasteiger partial charge on any atom is -0.326 e. The Hall–Kier alpha value is -1.35. The number of nitrogens with two attached hydrogens (primary N) is 1. The zero-order chi connectivity index (χ0) is 11.5. The van der Waals surface area contributed by atoms with Crippen molar-refractivity contribution in [3.8, 4) is 0 Å². The van der Waals surface area contributed by atoms with Crippen molar-refractivity contribution in [3.63, 3.8) is 0 Å². The molecule has 0 spiro atoms. The van der Waals surface area contributed by atoms with E-state index in [9.17, 15) is 4.79 Å². The van der Waals surface area contributed by atoms with Gasteiger partial charge < -0.3 is 10.6 Å². The molecule has 1 aromatic rings. The number of carbonyl (C=O) groups excluding carboxylic acids is 1. The van der Waals surface area contributed by atoms with E-state index < -0.39 is 0 Å². The lowest BCUT2D eigenvalue weighted by Crippen LogP contribution is -2.26. The second kappa shape index (κ2) is 4.66. The molecular formula is C13H18N2O. The van der Waals surface area contributed by atoms with E-state index in [4.69, 9.17) is 5.73 Å². The van der Waals surface area contributed by atoms with Crippen LogP contribution in [0.15, 0.2) is 24.3 Å². The predicted octanol–water partition coefficient (Wildman–Crippen LogP) is 1.91. The van der Waals surface area contributed by atoms with Crippen LogP contribution in [0, 0.1) is 5.92 Å². The van der Waals surface area contributed by atoms with Gasteiger partial charge in [0.15, 0.2) is 0 Å². The Kier molecular flexibility index (Phi) is 3.25. The summed E-state index contributed by atoms with van der Waals surface area (Å²) in [5.74, 6) is 0.848. The van der Waals surface area contributed by atoms with Gasteiger partial charge in [-0.25, -0.2) is 0 Å². The number of nitrogens with zero attached hydrogens (tertiary/aromatic N) is 1. The molecular weight excluding hydrogens is 200 g/mol. The van der Waals surface area contributed by atoms with E-state index in [0.717, 1.165) is 11.3 Å². The molecule has 2 rings (SSSR count). The first-order chi connectivity index (χ1) is 7.70. The molecule has 0 unspecified atom stereocenters. The Morgan fingerprint density at radius 3 is 2.50 bits per heavy atom. The van der Waals surface area contributed by atoms with Gasteiger partial charge in [-0.1, -0.05) is 12.1 Å². The fraction of sp³-hybridized carbons (Fsp3) is 0.462. The van der Waals surface area contributed by atoms with Gasteiger partial charge in [-0.2, -0.15) is 0 Å². The molecule has 1 aromatic carbocycles. The van der Waals surface area contributed by atoms with Crippen molar-refractivity contribution >= 4 is 11.6 Å². The standard InChI is InChI=1S/C13H18N2O/c1-15(13(16)8-10-2-3-10)12-6-4-11(9-14)5-7-12/h4-7,10H,2-3,8-9,14H2,1H3. The molecule has 1 amide bonds. The van der Waals surface area contributed by atoms with Crippen molar-refractivity contribution in [2.24, 2.45) is 11.7 Å². The first kappa shape index (κ1) is 11.1. The van der Waals surface area contributed by atoms with Gasteiger partial charge in [0.2, 0.25) is 5.91 Å². The SMILES string of the molecule is CN(C(=O)CC1CC1)c1ccc(CN)cc1. The highest BCUT2D eigenvalue weighted by atomic mass is 16.2. The number of rotatable bonds is 4. The fourth-order valence-electron chi connectivity index (χ4n) is 1.71. The highest BCUT2D eigenvalue weighted by Gasteiger charge is 2.26. The van der Waals surface area contributed by atoms with Gasteiger partial charge in [-0.15, -0.1) is 0 Å². The molecule has 3 heteroatoms. The zero-order valence-electron chi connectivity index (χ0n) is 9.65. The van der Waals surface area contributed by atoms with E-state index in [0.29, 0.717) is 18.9 Å². The van der Waals surface area contributed by atoms with Crippen LogP contribution < -0.4 is 10.6 Å². The van der Waals surface area contributed by atoms with E-state index in [1.807, 2.05) is 31.3 Å². The summed E-state index contributed by atoms with van der Waals surface area (Å²) in [5, 5.41) is 0. The first-order valence-electron chi connectivity index (χ1n) is 5.76. The molecule has 0 heterocycles. The third-order valence-corrected chi connectivity index (χ3v) is 3.09. The van der Waals surface area contributed by atoms with Crippen molar-refractivity contribution in [2.75, 3.05) is 11.9 Å². The van der Waals surface area contributed by atoms with Crippen molar-refractivity contribution in [2.45, 2.75) is 25.8 Å². The minimum absolute atomic E-state index is 0.211. The van der Waals surface area contributed by atoms with Gasteiger partial charge >= 0.3 is 0 Å². The number of benzene rings is 1. The third kappa shape index (κ3) is 2.61. The molecule has 0 aromatic heterocycles. The molecule has 0 atom stereocenters. The average Bonchev–Trinajstić information content (AvgIpc) is 3.12. The van der Waals surface area contributed by atoms with Gasteiger partial charge in [-0.3, -0.25) is 4.79 Å². The molecule has 0 saturated heterocycles. The Morgan fingerprint density at radius 1 is 1.38 bits per heavy atom. The molecule has 0 aliphatic heterocycles. The molecule has 16 heavy (non-hydrogen) atoms. The second-order valence-electron chi connectivity index (χ2n) is 4.47. The smallest absolute Gasteiger partial charge is 0.226 e. The maximum atomic E-state index is 11.8. The highest BCUT2D eigenvalue weighted by Crippen LogP contribution is 2.33. The summed E-state index contributed by atoms with van der Waals surface area (Å²) in [5.41, 5.74) is 7.57. The van der Waals surface area contributed by atoms with Crippen LogP contribution in [-0.4, -0.2) is 13.0 Å². The zero-order valence-corrected chi connectivity index (χ0v) is 9.65. The lowest BCUT2D eigenvalue weighted by molar-refractivity contribution is -0.118. The van der Waals surface area contributed by atoms with Gasteiger partial charge in [-0.05, 0) is 36.5 Å². The summed E-state index contributed by atoms with van der Waals surface area (Å²) in [6, 6.07) is 7.84. The predicted molar refractivity (Wildman–Crippen MR) is 65.1 cm³/mol. The summed E-state index contributed by atoms with van der Waals surface area (Å²) < 4.78 is 0. The highest BCUT2D eigenvalue weighted by molar-refractivity contribution is 5.93. The van der Waals surface area contributed by atoms with E-state index in [2.05, 4.69) is 0 Å². The molecule has 3 nitrogen and oxygen atoms in total. The number of hydrogen-bond donors (Lipinski definition) is 1. The van der Waals surface area contributed by atoms with E-state index in [1.165, 1.54) is 12.8 Å². The van der Waals surface area contributed by atoms with Crippen LogP contribution >= 0.6 is 0 Å². The Balaban J connectivity index is 2.00. The Morgan fingerprint density at radius 2 is 2.00 bits per heavy atom. The molecule has 0 radical (unpaired) electrons. The maximum Gasteiger partial charge on any atom is 0.226 e.